The van der Waals surface area contributed by atoms with Crippen molar-refractivity contribution in [3.63, 3.8) is 0 Å². The molecule has 1 fully saturated rings. The number of amides is 1. The van der Waals surface area contributed by atoms with Gasteiger partial charge >= 0.3 is 0 Å². The number of nitrogens with zero attached hydrogens (tertiary/aromatic N) is 4. The molecule has 0 atom stereocenters. The normalized spacial score (nSPS) is 15.5. The average molecular weight is 614 g/mol. The van der Waals surface area contributed by atoms with Crippen LogP contribution in [0.15, 0.2) is 72.0 Å². The van der Waals surface area contributed by atoms with Crippen molar-refractivity contribution < 1.29 is 17.9 Å². The van der Waals surface area contributed by atoms with Crippen LogP contribution in [0.4, 0.5) is 28.8 Å². The fourth-order valence-corrected chi connectivity index (χ4v) is 7.10. The first-order chi connectivity index (χ1) is 21.3. The molecule has 0 saturated carbocycles. The van der Waals surface area contributed by atoms with Gasteiger partial charge in [0.1, 0.15) is 11.6 Å². The van der Waals surface area contributed by atoms with E-state index in [1.54, 1.807) is 30.6 Å². The maximum atomic E-state index is 13.2. The van der Waals surface area contributed by atoms with Crippen LogP contribution in [0, 0.1) is 12.8 Å². The summed E-state index contributed by atoms with van der Waals surface area (Å²) < 4.78 is 33.1. The highest BCUT2D eigenvalue weighted by Gasteiger charge is 2.30. The SMILES string of the molecule is COc1cccc(S(=O)(=O)N2CCC(CC(=O)Nc3ccc4cc3CCc3cncc(c3)Nc3ncc(C)c(n3)N4)CC2)c1. The third-order valence-corrected chi connectivity index (χ3v) is 9.97. The quantitative estimate of drug-likeness (QED) is 0.268. The molecule has 4 heterocycles. The molecule has 1 saturated heterocycles. The van der Waals surface area contributed by atoms with E-state index in [-0.39, 0.29) is 16.7 Å². The molecule has 0 radical (unpaired) electrons. The molecule has 6 rings (SSSR count). The lowest BCUT2D eigenvalue weighted by Gasteiger charge is -2.31. The fourth-order valence-electron chi connectivity index (χ4n) is 5.59. The maximum Gasteiger partial charge on any atom is 0.243 e. The summed E-state index contributed by atoms with van der Waals surface area (Å²) in [5, 5.41) is 9.76. The van der Waals surface area contributed by atoms with Crippen LogP contribution < -0.4 is 20.7 Å². The van der Waals surface area contributed by atoms with Crippen molar-refractivity contribution >= 4 is 44.8 Å². The molecule has 12 heteroatoms. The number of hydrogen-bond acceptors (Lipinski definition) is 9. The van der Waals surface area contributed by atoms with Gasteiger partial charge in [-0.15, -0.1) is 0 Å². The number of pyridine rings is 1. The van der Waals surface area contributed by atoms with Gasteiger partial charge in [-0.1, -0.05) is 6.07 Å². The van der Waals surface area contributed by atoms with Gasteiger partial charge in [0, 0.05) is 54.9 Å². The Balaban J connectivity index is 1.14. The molecule has 2 aromatic carbocycles. The molecule has 2 aliphatic rings. The van der Waals surface area contributed by atoms with Gasteiger partial charge in [-0.25, -0.2) is 13.4 Å². The second kappa shape index (κ2) is 12.6. The Labute approximate surface area is 257 Å². The van der Waals surface area contributed by atoms with Gasteiger partial charge in [-0.2, -0.15) is 9.29 Å². The van der Waals surface area contributed by atoms with Gasteiger partial charge in [-0.05, 0) is 86.1 Å². The van der Waals surface area contributed by atoms with E-state index in [4.69, 9.17) is 4.74 Å². The Morgan fingerprint density at radius 1 is 1.02 bits per heavy atom. The molecule has 6 bridgehead atoms. The lowest BCUT2D eigenvalue weighted by atomic mass is 9.94. The Kier molecular flexibility index (Phi) is 8.45. The van der Waals surface area contributed by atoms with Crippen LogP contribution >= 0.6 is 0 Å². The smallest absolute Gasteiger partial charge is 0.243 e. The number of piperidine rings is 1. The zero-order valence-corrected chi connectivity index (χ0v) is 25.5. The van der Waals surface area contributed by atoms with Crippen LogP contribution in [0.2, 0.25) is 0 Å². The number of sulfonamides is 1. The fraction of sp³-hybridized carbons (Fsp3) is 0.312. The first-order valence-corrected chi connectivity index (χ1v) is 16.1. The van der Waals surface area contributed by atoms with Gasteiger partial charge in [0.2, 0.25) is 21.9 Å². The monoisotopic (exact) mass is 613 g/mol. The number of hydrogen-bond donors (Lipinski definition) is 3. The third-order valence-electron chi connectivity index (χ3n) is 8.07. The number of nitrogens with one attached hydrogen (secondary N) is 3. The number of methoxy groups -OCH3 is 1. The van der Waals surface area contributed by atoms with E-state index in [1.165, 1.54) is 17.5 Å². The van der Waals surface area contributed by atoms with E-state index in [2.05, 4.69) is 30.9 Å². The number of benzene rings is 2. The minimum Gasteiger partial charge on any atom is -0.497 e. The average Bonchev–Trinajstić information content (AvgIpc) is 3.03. The standard InChI is InChI=1S/C32H35N7O4S/c1-21-18-34-32-36-26-14-23(19-33-20-26)6-7-24-16-25(35-31(21)38-32)8-9-29(24)37-30(40)15-22-10-12-39(13-11-22)44(41,42)28-5-3-4-27(17-28)43-2/h3-5,8-9,14,16-20,22H,6-7,10-13,15H2,1-2H3,(H,37,40)(H2,34,35,36,38). The summed E-state index contributed by atoms with van der Waals surface area (Å²) in [4.78, 5) is 26.9. The predicted molar refractivity (Wildman–Crippen MR) is 169 cm³/mol. The molecular formula is C32H35N7O4S. The number of anilines is 5. The van der Waals surface area contributed by atoms with E-state index in [0.717, 1.165) is 40.2 Å². The molecule has 1 amide bonds. The zero-order chi connectivity index (χ0) is 30.7. The van der Waals surface area contributed by atoms with E-state index >= 15 is 0 Å². The molecule has 2 aliphatic heterocycles. The summed E-state index contributed by atoms with van der Waals surface area (Å²) in [6, 6.07) is 14.4. The maximum absolute atomic E-state index is 13.2. The molecule has 4 aromatic rings. The third kappa shape index (κ3) is 6.66. The summed E-state index contributed by atoms with van der Waals surface area (Å²) in [7, 11) is -2.12. The molecule has 3 N–H and O–H groups in total. The van der Waals surface area contributed by atoms with Crippen molar-refractivity contribution in [1.82, 2.24) is 19.3 Å². The van der Waals surface area contributed by atoms with Crippen molar-refractivity contribution in [2.24, 2.45) is 5.92 Å². The van der Waals surface area contributed by atoms with Crippen molar-refractivity contribution in [3.8, 4) is 5.75 Å². The van der Waals surface area contributed by atoms with E-state index in [1.807, 2.05) is 37.4 Å². The summed E-state index contributed by atoms with van der Waals surface area (Å²) >= 11 is 0. The number of carbonyl (C=O) groups is 1. The van der Waals surface area contributed by atoms with E-state index < -0.39 is 10.0 Å². The van der Waals surface area contributed by atoms with Crippen LogP contribution in [0.5, 0.6) is 5.75 Å². The number of carbonyl (C=O) groups excluding carboxylic acids is 1. The molecule has 2 aromatic heterocycles. The van der Waals surface area contributed by atoms with Crippen LogP contribution in [-0.4, -0.2) is 53.8 Å². The first-order valence-electron chi connectivity index (χ1n) is 14.7. The summed E-state index contributed by atoms with van der Waals surface area (Å²) in [5.74, 6) is 1.68. The minimum atomic E-state index is -3.63. The first kappa shape index (κ1) is 29.5. The molecule has 228 valence electrons. The zero-order valence-electron chi connectivity index (χ0n) is 24.7. The lowest BCUT2D eigenvalue weighted by molar-refractivity contribution is -0.117. The molecule has 0 unspecified atom stereocenters. The Morgan fingerprint density at radius 3 is 2.68 bits per heavy atom. The topological polar surface area (TPSA) is 138 Å². The van der Waals surface area contributed by atoms with Gasteiger partial charge < -0.3 is 20.7 Å². The second-order valence-corrected chi connectivity index (χ2v) is 13.1. The van der Waals surface area contributed by atoms with Gasteiger partial charge in [-0.3, -0.25) is 9.78 Å². The number of rotatable bonds is 6. The van der Waals surface area contributed by atoms with Crippen molar-refractivity contribution in [2.75, 3.05) is 36.1 Å². The lowest BCUT2D eigenvalue weighted by Crippen LogP contribution is -2.39. The highest BCUT2D eigenvalue weighted by molar-refractivity contribution is 7.89. The Bertz CT molecular complexity index is 1790. The Morgan fingerprint density at radius 2 is 1.86 bits per heavy atom. The number of aromatic nitrogens is 3. The summed E-state index contributed by atoms with van der Waals surface area (Å²) in [5.41, 5.74) is 5.37. The highest BCUT2D eigenvalue weighted by atomic mass is 32.2. The largest absolute Gasteiger partial charge is 0.497 e. The van der Waals surface area contributed by atoms with E-state index in [0.29, 0.717) is 56.3 Å². The van der Waals surface area contributed by atoms with Gasteiger partial charge in [0.05, 0.1) is 23.9 Å². The van der Waals surface area contributed by atoms with Crippen LogP contribution in [0.1, 0.15) is 36.0 Å². The van der Waals surface area contributed by atoms with Gasteiger partial charge in [0.25, 0.3) is 0 Å². The van der Waals surface area contributed by atoms with Crippen LogP contribution in [0.3, 0.4) is 0 Å². The molecule has 0 aliphatic carbocycles. The molecule has 44 heavy (non-hydrogen) atoms. The summed E-state index contributed by atoms with van der Waals surface area (Å²) in [6.07, 6.45) is 8.33. The summed E-state index contributed by atoms with van der Waals surface area (Å²) in [6.45, 7) is 2.69. The Hall–Kier alpha value is -4.55. The number of aryl methyl sites for hydroxylation is 3. The second-order valence-electron chi connectivity index (χ2n) is 11.2. The van der Waals surface area contributed by atoms with Gasteiger partial charge in [0.15, 0.2) is 0 Å². The molecule has 0 spiro atoms. The van der Waals surface area contributed by atoms with E-state index in [9.17, 15) is 13.2 Å². The van der Waals surface area contributed by atoms with Crippen LogP contribution in [-0.2, 0) is 27.7 Å². The van der Waals surface area contributed by atoms with Crippen molar-refractivity contribution in [2.45, 2.75) is 43.9 Å². The number of ether oxygens (including phenoxy) is 1. The molecule has 11 nitrogen and oxygen atoms in total. The predicted octanol–water partition coefficient (Wildman–Crippen LogP) is 5.20. The van der Waals surface area contributed by atoms with Crippen LogP contribution in [0.25, 0.3) is 0 Å². The number of fused-ring (bicyclic) bond motifs is 6. The molecular weight excluding hydrogens is 578 g/mol. The van der Waals surface area contributed by atoms with Crippen molar-refractivity contribution in [1.29, 1.82) is 0 Å². The highest BCUT2D eigenvalue weighted by Crippen LogP contribution is 2.30. The van der Waals surface area contributed by atoms with Crippen molar-refractivity contribution in [3.05, 3.63) is 83.8 Å². The minimum absolute atomic E-state index is 0.0804.